The number of carbonyl (C=O) groups excluding carboxylic acids is 2. The molecule has 1 aromatic carbocycles. The van der Waals surface area contributed by atoms with Crippen LogP contribution in [-0.2, 0) is 4.79 Å². The van der Waals surface area contributed by atoms with Gasteiger partial charge in [-0.2, -0.15) is 0 Å². The van der Waals surface area contributed by atoms with Crippen molar-refractivity contribution >= 4 is 23.3 Å². The minimum Gasteiger partial charge on any atom is -0.342 e. The summed E-state index contributed by atoms with van der Waals surface area (Å²) in [5.74, 6) is 1.55. The second kappa shape index (κ2) is 9.52. The van der Waals surface area contributed by atoms with Crippen LogP contribution in [0.1, 0.15) is 54.4 Å². The number of amides is 1. The highest BCUT2D eigenvalue weighted by Crippen LogP contribution is 2.39. The molecule has 2 saturated heterocycles. The molecule has 2 aromatic rings. The Bertz CT molecular complexity index is 1180. The van der Waals surface area contributed by atoms with E-state index in [9.17, 15) is 9.59 Å². The Morgan fingerprint density at radius 1 is 0.944 bits per heavy atom. The second-order valence-corrected chi connectivity index (χ2v) is 10.5. The molecule has 4 heterocycles. The van der Waals surface area contributed by atoms with Crippen molar-refractivity contribution in [3.05, 3.63) is 72.1 Å². The van der Waals surface area contributed by atoms with Crippen molar-refractivity contribution in [1.82, 2.24) is 19.7 Å². The Morgan fingerprint density at radius 2 is 1.67 bits per heavy atom. The smallest absolute Gasteiger partial charge is 0.225 e. The lowest BCUT2D eigenvalue weighted by molar-refractivity contribution is -0.140. The second-order valence-electron chi connectivity index (χ2n) is 10.5. The highest BCUT2D eigenvalue weighted by molar-refractivity contribution is 6.01. The molecule has 3 fully saturated rings. The first-order chi connectivity index (χ1) is 17.6. The van der Waals surface area contributed by atoms with Crippen LogP contribution in [0.15, 0.2) is 65.9 Å². The van der Waals surface area contributed by atoms with E-state index in [1.807, 2.05) is 42.5 Å². The number of hydrogen-bond acceptors (Lipinski definition) is 6. The first-order valence-corrected chi connectivity index (χ1v) is 13.2. The lowest BCUT2D eigenvalue weighted by atomic mass is 9.79. The van der Waals surface area contributed by atoms with Crippen molar-refractivity contribution < 1.29 is 9.59 Å². The molecule has 7 nitrogen and oxygen atoms in total. The van der Waals surface area contributed by atoms with Gasteiger partial charge in [0.1, 0.15) is 0 Å². The molecule has 36 heavy (non-hydrogen) atoms. The van der Waals surface area contributed by atoms with Crippen LogP contribution in [0, 0.1) is 5.92 Å². The van der Waals surface area contributed by atoms with Crippen LogP contribution in [0.3, 0.4) is 0 Å². The molecule has 4 aliphatic rings. The number of fused-ring (bicyclic) bond motifs is 1. The van der Waals surface area contributed by atoms with Gasteiger partial charge in [0.05, 0.1) is 12.2 Å². The molecule has 1 aromatic heterocycles. The maximum Gasteiger partial charge on any atom is 0.225 e. The SMILES string of the molecule is O=C(CN1C2=NC(c3ccncc3)=CCN2CCC12CCN(C(=O)C1CCC1)CC2)c1ccccc1. The number of nitrogens with zero attached hydrogens (tertiary/aromatic N) is 5. The number of rotatable bonds is 5. The number of piperidine rings is 1. The molecule has 1 amide bonds. The zero-order valence-electron chi connectivity index (χ0n) is 20.7. The van der Waals surface area contributed by atoms with E-state index in [1.165, 1.54) is 6.42 Å². The summed E-state index contributed by atoms with van der Waals surface area (Å²) in [6.07, 6.45) is 11.7. The fraction of sp³-hybridized carbons (Fsp3) is 0.448. The van der Waals surface area contributed by atoms with Gasteiger partial charge in [0, 0.05) is 61.2 Å². The molecule has 1 saturated carbocycles. The van der Waals surface area contributed by atoms with Crippen molar-refractivity contribution in [3.63, 3.8) is 0 Å². The van der Waals surface area contributed by atoms with Crippen molar-refractivity contribution in [2.75, 3.05) is 32.7 Å². The number of aromatic nitrogens is 1. The molecule has 3 aliphatic heterocycles. The van der Waals surface area contributed by atoms with Crippen LogP contribution in [0.25, 0.3) is 5.70 Å². The van der Waals surface area contributed by atoms with Gasteiger partial charge >= 0.3 is 0 Å². The van der Waals surface area contributed by atoms with E-state index >= 15 is 0 Å². The fourth-order valence-electron chi connectivity index (χ4n) is 5.99. The number of hydrogen-bond donors (Lipinski definition) is 0. The van der Waals surface area contributed by atoms with Crippen molar-refractivity contribution in [2.45, 2.75) is 44.1 Å². The summed E-state index contributed by atoms with van der Waals surface area (Å²) in [5, 5.41) is 0. The third-order valence-electron chi connectivity index (χ3n) is 8.50. The highest BCUT2D eigenvalue weighted by Gasteiger charge is 2.48. The van der Waals surface area contributed by atoms with Crippen molar-refractivity contribution in [2.24, 2.45) is 10.9 Å². The van der Waals surface area contributed by atoms with E-state index in [2.05, 4.69) is 25.8 Å². The van der Waals surface area contributed by atoms with Crippen molar-refractivity contribution in [3.8, 4) is 0 Å². The Hall–Kier alpha value is -3.48. The molecular formula is C29H33N5O2. The van der Waals surface area contributed by atoms with Crippen LogP contribution in [0.2, 0.25) is 0 Å². The van der Waals surface area contributed by atoms with Gasteiger partial charge < -0.3 is 14.7 Å². The number of pyridine rings is 1. The normalized spacial score (nSPS) is 21.4. The monoisotopic (exact) mass is 483 g/mol. The minimum atomic E-state index is -0.170. The zero-order valence-corrected chi connectivity index (χ0v) is 20.7. The number of likely N-dealkylation sites (tertiary alicyclic amines) is 1. The third-order valence-corrected chi connectivity index (χ3v) is 8.50. The summed E-state index contributed by atoms with van der Waals surface area (Å²) in [6, 6.07) is 13.5. The highest BCUT2D eigenvalue weighted by atomic mass is 16.2. The average molecular weight is 484 g/mol. The predicted octanol–water partition coefficient (Wildman–Crippen LogP) is 3.84. The average Bonchev–Trinajstić information content (AvgIpc) is 2.90. The number of guanidine groups is 1. The predicted molar refractivity (Wildman–Crippen MR) is 139 cm³/mol. The van der Waals surface area contributed by atoms with Crippen LogP contribution >= 0.6 is 0 Å². The molecule has 1 spiro atoms. The van der Waals surface area contributed by atoms with E-state index in [-0.39, 0.29) is 17.2 Å². The topological polar surface area (TPSA) is 69.1 Å². The Kier molecular flexibility index (Phi) is 6.07. The summed E-state index contributed by atoms with van der Waals surface area (Å²) in [4.78, 5) is 42.3. The number of carbonyl (C=O) groups is 2. The summed E-state index contributed by atoms with van der Waals surface area (Å²) < 4.78 is 0. The summed E-state index contributed by atoms with van der Waals surface area (Å²) >= 11 is 0. The van der Waals surface area contributed by atoms with Crippen LogP contribution in [0.5, 0.6) is 0 Å². The Balaban J connectivity index is 1.30. The van der Waals surface area contributed by atoms with E-state index in [0.29, 0.717) is 12.5 Å². The molecular weight excluding hydrogens is 450 g/mol. The number of Topliss-reactive ketones (excluding diaryl/α,β-unsaturated/α-hetero) is 1. The maximum absolute atomic E-state index is 13.5. The number of benzene rings is 1. The number of ketones is 1. The standard InChI is InChI=1S/C29H33N5O2/c35-26(23-5-2-1-3-6-23)21-34-28-31-25(22-9-15-30-16-10-22)11-17-33(28)20-14-29(34)12-18-32(19-13-29)27(36)24-7-4-8-24/h1-3,5-6,9-11,15-16,24H,4,7-8,12-14,17-21H2. The Labute approximate surface area is 212 Å². The van der Waals surface area contributed by atoms with Gasteiger partial charge in [0.15, 0.2) is 5.78 Å². The van der Waals surface area contributed by atoms with Gasteiger partial charge in [-0.3, -0.25) is 14.6 Å². The molecule has 186 valence electrons. The van der Waals surface area contributed by atoms with Gasteiger partial charge in [-0.1, -0.05) is 36.8 Å². The van der Waals surface area contributed by atoms with Crippen LogP contribution in [-0.4, -0.2) is 75.6 Å². The quantitative estimate of drug-likeness (QED) is 0.605. The fourth-order valence-corrected chi connectivity index (χ4v) is 5.99. The third kappa shape index (κ3) is 4.21. The lowest BCUT2D eigenvalue weighted by Crippen LogP contribution is -2.67. The molecule has 0 radical (unpaired) electrons. The molecule has 0 atom stereocenters. The van der Waals surface area contributed by atoms with Gasteiger partial charge in [-0.05, 0) is 50.3 Å². The first kappa shape index (κ1) is 23.0. The largest absolute Gasteiger partial charge is 0.342 e. The lowest BCUT2D eigenvalue weighted by Gasteiger charge is -2.56. The van der Waals surface area contributed by atoms with E-state index in [0.717, 1.165) is 81.1 Å². The van der Waals surface area contributed by atoms with Gasteiger partial charge in [-0.15, -0.1) is 0 Å². The summed E-state index contributed by atoms with van der Waals surface area (Å²) in [7, 11) is 0. The van der Waals surface area contributed by atoms with E-state index < -0.39 is 0 Å². The minimum absolute atomic E-state index is 0.104. The van der Waals surface area contributed by atoms with Crippen LogP contribution in [0.4, 0.5) is 0 Å². The zero-order chi connectivity index (χ0) is 24.5. The van der Waals surface area contributed by atoms with Gasteiger partial charge in [-0.25, -0.2) is 4.99 Å². The number of aliphatic imine (C=N–C) groups is 1. The molecule has 0 N–H and O–H groups in total. The molecule has 0 bridgehead atoms. The van der Waals surface area contributed by atoms with Crippen molar-refractivity contribution in [1.29, 1.82) is 0 Å². The molecule has 6 rings (SSSR count). The summed E-state index contributed by atoms with van der Waals surface area (Å²) in [5.41, 5.74) is 2.52. The molecule has 1 aliphatic carbocycles. The maximum atomic E-state index is 13.5. The van der Waals surface area contributed by atoms with E-state index in [4.69, 9.17) is 4.99 Å². The summed E-state index contributed by atoms with van der Waals surface area (Å²) in [6.45, 7) is 3.48. The molecule has 7 heteroatoms. The first-order valence-electron chi connectivity index (χ1n) is 13.2. The van der Waals surface area contributed by atoms with Gasteiger partial charge in [0.25, 0.3) is 0 Å². The van der Waals surface area contributed by atoms with Crippen LogP contribution < -0.4 is 0 Å². The molecule has 0 unspecified atom stereocenters. The van der Waals surface area contributed by atoms with E-state index in [1.54, 1.807) is 12.4 Å². The Morgan fingerprint density at radius 3 is 2.36 bits per heavy atom. The van der Waals surface area contributed by atoms with Gasteiger partial charge in [0.2, 0.25) is 11.9 Å².